The maximum Gasteiger partial charge on any atom is 4.00 e. The molecular formula is C20H18Cl2F12N4O4Pt. The molecule has 23 heteroatoms. The summed E-state index contributed by atoms with van der Waals surface area (Å²) in [5, 5.41) is 23.3. The topological polar surface area (TPSA) is 174 Å². The fourth-order valence-electron chi connectivity index (χ4n) is 2.59. The Balaban J connectivity index is -0.000000201. The minimum absolute atomic E-state index is 0. The quantitative estimate of drug-likeness (QED) is 0.277. The molecule has 0 aliphatic carbocycles. The van der Waals surface area contributed by atoms with Crippen molar-refractivity contribution in [2.45, 2.75) is 37.8 Å². The SMILES string of the molecule is N.N.O=C([O-])NCc1cc(C(F)(F)F)cc(C(F)(F)F)c1.O=C([O-])NCc1cc(C(F)(F)F)cc(C(F)(F)F)c1.[Cl-].[Cl-].[Pt+4]. The number of hydrogen-bond acceptors (Lipinski definition) is 6. The average Bonchev–Trinajstić information content (AvgIpc) is 2.74. The molecule has 0 fully saturated rings. The molecule has 8 N–H and O–H groups in total. The van der Waals surface area contributed by atoms with E-state index in [0.29, 0.717) is 24.3 Å². The van der Waals surface area contributed by atoms with Gasteiger partial charge in [0.05, 0.1) is 22.3 Å². The van der Waals surface area contributed by atoms with Gasteiger partial charge in [-0.05, 0) is 47.5 Å². The molecule has 0 spiro atoms. The van der Waals surface area contributed by atoms with Gasteiger partial charge in [0, 0.05) is 13.1 Å². The van der Waals surface area contributed by atoms with Gasteiger partial charge in [-0.1, -0.05) is 0 Å². The second kappa shape index (κ2) is 18.9. The van der Waals surface area contributed by atoms with Crippen molar-refractivity contribution in [1.82, 2.24) is 22.9 Å². The number of amides is 2. The van der Waals surface area contributed by atoms with Crippen LogP contribution in [0.2, 0.25) is 0 Å². The first-order chi connectivity index (χ1) is 17.0. The van der Waals surface area contributed by atoms with Crippen molar-refractivity contribution in [2.75, 3.05) is 0 Å². The standard InChI is InChI=1S/2C10H7F6NO2.2ClH.2H3N.Pt/c2*11-9(12,13)6-1-5(4-17-8(18)19)2-7(3-6)10(14,15)16;;;;;/h2*1-3,17H,4H2,(H,18,19);2*1H;2*1H3;/q;;;;;;+4/p-4. The van der Waals surface area contributed by atoms with E-state index in [-0.39, 0.29) is 70.3 Å². The maximum absolute atomic E-state index is 12.4. The van der Waals surface area contributed by atoms with Crippen LogP contribution in [0.5, 0.6) is 0 Å². The summed E-state index contributed by atoms with van der Waals surface area (Å²) < 4.78 is 149. The number of carbonyl (C=O) groups excluding carboxylic acids is 2. The smallest absolute Gasteiger partial charge is 1.00 e. The third kappa shape index (κ3) is 17.9. The van der Waals surface area contributed by atoms with E-state index in [1.165, 1.54) is 0 Å². The third-order valence-corrected chi connectivity index (χ3v) is 4.17. The number of halogens is 14. The monoisotopic (exact) mass is 871 g/mol. The first-order valence-electron chi connectivity index (χ1n) is 9.46. The van der Waals surface area contributed by atoms with Crippen LogP contribution in [0.25, 0.3) is 0 Å². The zero-order valence-electron chi connectivity index (χ0n) is 20.5. The van der Waals surface area contributed by atoms with Gasteiger partial charge in [0.1, 0.15) is 12.2 Å². The van der Waals surface area contributed by atoms with Gasteiger partial charge in [0.2, 0.25) is 0 Å². The minimum atomic E-state index is -4.96. The Bertz CT molecular complexity index is 1010. The minimum Gasteiger partial charge on any atom is -1.00 e. The summed E-state index contributed by atoms with van der Waals surface area (Å²) in [6.07, 6.45) is -23.4. The average molecular weight is 872 g/mol. The summed E-state index contributed by atoms with van der Waals surface area (Å²) in [7, 11) is 0. The second-order valence-electron chi connectivity index (χ2n) is 7.11. The number of nitrogens with one attached hydrogen (secondary N) is 2. The molecule has 0 saturated heterocycles. The van der Waals surface area contributed by atoms with Crippen molar-refractivity contribution >= 4 is 12.2 Å². The molecule has 0 aliphatic rings. The predicted molar refractivity (Wildman–Crippen MR) is 107 cm³/mol. The van der Waals surface area contributed by atoms with Gasteiger partial charge in [0.25, 0.3) is 0 Å². The van der Waals surface area contributed by atoms with Gasteiger partial charge in [0.15, 0.2) is 0 Å². The van der Waals surface area contributed by atoms with Crippen molar-refractivity contribution in [3.8, 4) is 0 Å². The Morgan fingerprint density at radius 2 is 0.698 bits per heavy atom. The molecule has 250 valence electrons. The van der Waals surface area contributed by atoms with Gasteiger partial charge in [-0.25, -0.2) is 0 Å². The zero-order chi connectivity index (χ0) is 29.7. The molecule has 0 aromatic heterocycles. The van der Waals surface area contributed by atoms with Gasteiger partial charge in [-0.15, -0.1) is 0 Å². The van der Waals surface area contributed by atoms with Crippen LogP contribution in [-0.4, -0.2) is 12.2 Å². The molecule has 2 amide bonds. The van der Waals surface area contributed by atoms with Crippen molar-refractivity contribution in [3.63, 3.8) is 0 Å². The Kier molecular flexibility index (Phi) is 21.9. The van der Waals surface area contributed by atoms with E-state index in [9.17, 15) is 72.5 Å². The van der Waals surface area contributed by atoms with E-state index in [4.69, 9.17) is 0 Å². The van der Waals surface area contributed by atoms with Gasteiger partial charge >= 0.3 is 45.8 Å². The number of benzene rings is 2. The first kappa shape index (κ1) is 50.0. The molecule has 8 nitrogen and oxygen atoms in total. The summed E-state index contributed by atoms with van der Waals surface area (Å²) in [4.78, 5) is 20.1. The molecule has 0 unspecified atom stereocenters. The first-order valence-corrected chi connectivity index (χ1v) is 9.46. The van der Waals surface area contributed by atoms with E-state index in [0.717, 1.165) is 0 Å². The van der Waals surface area contributed by atoms with Gasteiger partial charge in [-0.3, -0.25) is 0 Å². The van der Waals surface area contributed by atoms with Crippen LogP contribution >= 0.6 is 0 Å². The van der Waals surface area contributed by atoms with Crippen LogP contribution in [0.15, 0.2) is 36.4 Å². The van der Waals surface area contributed by atoms with Crippen LogP contribution in [0, 0.1) is 0 Å². The van der Waals surface area contributed by atoms with Crippen molar-refractivity contribution in [2.24, 2.45) is 0 Å². The van der Waals surface area contributed by atoms with Crippen molar-refractivity contribution < 1.29 is 118 Å². The van der Waals surface area contributed by atoms with Crippen molar-refractivity contribution in [1.29, 1.82) is 0 Å². The van der Waals surface area contributed by atoms with Crippen molar-refractivity contribution in [3.05, 3.63) is 69.8 Å². The number of hydrogen-bond donors (Lipinski definition) is 4. The molecule has 0 aliphatic heterocycles. The molecule has 2 rings (SSSR count). The third-order valence-electron chi connectivity index (χ3n) is 4.17. The zero-order valence-corrected chi connectivity index (χ0v) is 24.3. The molecule has 0 bridgehead atoms. The van der Waals surface area contributed by atoms with Gasteiger partial charge in [-0.2, -0.15) is 52.7 Å². The van der Waals surface area contributed by atoms with Crippen LogP contribution < -0.4 is 58.0 Å². The van der Waals surface area contributed by atoms with E-state index in [1.807, 2.05) is 0 Å². The summed E-state index contributed by atoms with van der Waals surface area (Å²) in [5.74, 6) is 0. The molecule has 0 saturated carbocycles. The molecular weight excluding hydrogens is 854 g/mol. The molecule has 0 heterocycles. The van der Waals surface area contributed by atoms with Crippen LogP contribution in [0.4, 0.5) is 62.3 Å². The largest absolute Gasteiger partial charge is 4.00 e. The summed E-state index contributed by atoms with van der Waals surface area (Å²) in [5.41, 5.74) is -6.94. The fraction of sp³-hybridized carbons (Fsp3) is 0.300. The number of rotatable bonds is 4. The van der Waals surface area contributed by atoms with Gasteiger partial charge < -0.3 is 67.6 Å². The molecule has 2 aromatic carbocycles. The van der Waals surface area contributed by atoms with Crippen LogP contribution in [-0.2, 0) is 58.9 Å². The van der Waals surface area contributed by atoms with E-state index >= 15 is 0 Å². The van der Waals surface area contributed by atoms with E-state index in [2.05, 4.69) is 0 Å². The normalized spacial score (nSPS) is 10.9. The number of carboxylic acid groups (broad SMARTS) is 2. The van der Waals surface area contributed by atoms with E-state index < -0.39 is 83.4 Å². The molecule has 2 aromatic rings. The summed E-state index contributed by atoms with van der Waals surface area (Å²) in [6.45, 7) is -1.43. The fourth-order valence-corrected chi connectivity index (χ4v) is 2.59. The molecule has 0 atom stereocenters. The number of carbonyl (C=O) groups is 2. The Labute approximate surface area is 260 Å². The van der Waals surface area contributed by atoms with Crippen LogP contribution in [0.1, 0.15) is 33.4 Å². The summed E-state index contributed by atoms with van der Waals surface area (Å²) in [6, 6.07) is 1.66. The maximum atomic E-state index is 12.4. The Morgan fingerprint density at radius 1 is 0.512 bits per heavy atom. The predicted octanol–water partition coefficient (Wildman–Crippen LogP) is -1.36. The number of alkyl halides is 12. The van der Waals surface area contributed by atoms with Crippen LogP contribution in [0.3, 0.4) is 0 Å². The molecule has 43 heavy (non-hydrogen) atoms. The van der Waals surface area contributed by atoms with E-state index in [1.54, 1.807) is 10.6 Å². The Hall–Kier alpha value is -2.67. The summed E-state index contributed by atoms with van der Waals surface area (Å²) >= 11 is 0. The molecule has 0 radical (unpaired) electrons. The second-order valence-corrected chi connectivity index (χ2v) is 7.11. The Morgan fingerprint density at radius 3 is 0.837 bits per heavy atom.